The molecule has 0 amide bonds. The largest absolute Gasteiger partial charge is 0.354 e. The van der Waals surface area contributed by atoms with Gasteiger partial charge in [0.1, 0.15) is 5.82 Å². The predicted molar refractivity (Wildman–Crippen MR) is 139 cm³/mol. The summed E-state index contributed by atoms with van der Waals surface area (Å²) in [7, 11) is 2.11. The van der Waals surface area contributed by atoms with Crippen molar-refractivity contribution in [3.05, 3.63) is 77.9 Å². The third kappa shape index (κ3) is 5.13. The topological polar surface area (TPSA) is 92.2 Å². The first-order chi connectivity index (χ1) is 17.5. The Morgan fingerprint density at radius 1 is 0.861 bits per heavy atom. The molecule has 1 aliphatic rings. The molecule has 8 heteroatoms. The molecule has 0 unspecified atom stereocenters. The second kappa shape index (κ2) is 10.3. The van der Waals surface area contributed by atoms with Gasteiger partial charge in [0, 0.05) is 73.3 Å². The molecule has 0 aliphatic carbocycles. The standard InChI is InChI=1S/C28H28N6O2/c1-3-26(35)23-13-22(17-29-18-23)19-4-5-25-21(12-19)14-24(31-32-25)16-27(36)20-6-7-30-28(15-20)34-10-8-33(2)9-11-34/h4-7,12-15,17-18H,3,8-11,16H2,1-2H3. The van der Waals surface area contributed by atoms with Crippen LogP contribution in [0.5, 0.6) is 0 Å². The zero-order valence-corrected chi connectivity index (χ0v) is 20.5. The summed E-state index contributed by atoms with van der Waals surface area (Å²) in [6.07, 6.45) is 5.63. The van der Waals surface area contributed by atoms with Gasteiger partial charge in [-0.3, -0.25) is 14.6 Å². The Balaban J connectivity index is 1.36. The number of Topliss-reactive ketones (excluding diaryl/α,β-unsaturated/α-hetero) is 2. The number of benzene rings is 1. The van der Waals surface area contributed by atoms with Crippen molar-refractivity contribution in [2.24, 2.45) is 0 Å². The Kier molecular flexibility index (Phi) is 6.77. The van der Waals surface area contributed by atoms with Crippen molar-refractivity contribution in [1.29, 1.82) is 0 Å². The van der Waals surface area contributed by atoms with E-state index in [0.29, 0.717) is 23.2 Å². The van der Waals surface area contributed by atoms with Crippen LogP contribution in [0.25, 0.3) is 22.0 Å². The monoisotopic (exact) mass is 480 g/mol. The summed E-state index contributed by atoms with van der Waals surface area (Å²) >= 11 is 0. The highest BCUT2D eigenvalue weighted by Crippen LogP contribution is 2.25. The molecule has 0 bridgehead atoms. The smallest absolute Gasteiger partial charge is 0.169 e. The van der Waals surface area contributed by atoms with E-state index in [1.54, 1.807) is 24.7 Å². The van der Waals surface area contributed by atoms with E-state index in [1.807, 2.05) is 43.3 Å². The molecule has 0 saturated carbocycles. The Morgan fingerprint density at radius 3 is 2.50 bits per heavy atom. The fourth-order valence-corrected chi connectivity index (χ4v) is 4.37. The van der Waals surface area contributed by atoms with Gasteiger partial charge in [-0.15, -0.1) is 0 Å². The minimum atomic E-state index is -0.0208. The van der Waals surface area contributed by atoms with Crippen molar-refractivity contribution < 1.29 is 9.59 Å². The average molecular weight is 481 g/mol. The summed E-state index contributed by atoms with van der Waals surface area (Å²) in [6.45, 7) is 5.58. The highest BCUT2D eigenvalue weighted by Gasteiger charge is 2.17. The van der Waals surface area contributed by atoms with Crippen molar-refractivity contribution in [3.8, 4) is 11.1 Å². The molecule has 8 nitrogen and oxygen atoms in total. The highest BCUT2D eigenvalue weighted by atomic mass is 16.1. The van der Waals surface area contributed by atoms with E-state index in [-0.39, 0.29) is 18.0 Å². The number of aromatic nitrogens is 4. The normalized spacial score (nSPS) is 14.2. The second-order valence-corrected chi connectivity index (χ2v) is 9.14. The molecule has 5 rings (SSSR count). The van der Waals surface area contributed by atoms with Gasteiger partial charge >= 0.3 is 0 Å². The molecule has 3 aromatic heterocycles. The van der Waals surface area contributed by atoms with Crippen LogP contribution in [0.15, 0.2) is 61.1 Å². The van der Waals surface area contributed by atoms with Gasteiger partial charge in [-0.2, -0.15) is 10.2 Å². The fraction of sp³-hybridized carbons (Fsp3) is 0.286. The number of carbonyl (C=O) groups is 2. The molecule has 0 radical (unpaired) electrons. The number of likely N-dealkylation sites (N-methyl/N-ethyl adjacent to an activating group) is 1. The number of rotatable bonds is 7. The average Bonchev–Trinajstić information content (AvgIpc) is 2.92. The first-order valence-electron chi connectivity index (χ1n) is 12.2. The summed E-state index contributed by atoms with van der Waals surface area (Å²) in [6, 6.07) is 13.2. The van der Waals surface area contributed by atoms with Crippen molar-refractivity contribution in [2.75, 3.05) is 38.1 Å². The summed E-state index contributed by atoms with van der Waals surface area (Å²) in [5.41, 5.74) is 4.36. The van der Waals surface area contributed by atoms with Crippen LogP contribution in [0.2, 0.25) is 0 Å². The minimum Gasteiger partial charge on any atom is -0.354 e. The summed E-state index contributed by atoms with van der Waals surface area (Å²) in [4.78, 5) is 38.4. The van der Waals surface area contributed by atoms with Gasteiger partial charge in [-0.05, 0) is 49.0 Å². The summed E-state index contributed by atoms with van der Waals surface area (Å²) in [5.74, 6) is 0.872. The Morgan fingerprint density at radius 2 is 1.69 bits per heavy atom. The maximum atomic E-state index is 13.1. The predicted octanol–water partition coefficient (Wildman–Crippen LogP) is 3.86. The van der Waals surface area contributed by atoms with Gasteiger partial charge in [0.15, 0.2) is 11.6 Å². The molecule has 182 valence electrons. The number of ketones is 2. The van der Waals surface area contributed by atoms with Gasteiger partial charge < -0.3 is 9.80 Å². The molecule has 1 fully saturated rings. The zero-order chi connectivity index (χ0) is 25.1. The number of hydrogen-bond donors (Lipinski definition) is 0. The first-order valence-corrected chi connectivity index (χ1v) is 12.2. The number of fused-ring (bicyclic) bond motifs is 1. The SMILES string of the molecule is CCC(=O)c1cncc(-c2ccc3nnc(CC(=O)c4ccnc(N5CCN(C)CC5)c4)cc3c2)c1. The van der Waals surface area contributed by atoms with E-state index in [9.17, 15) is 9.59 Å². The van der Waals surface area contributed by atoms with Gasteiger partial charge in [0.2, 0.25) is 0 Å². The molecular weight excluding hydrogens is 452 g/mol. The first kappa shape index (κ1) is 23.7. The van der Waals surface area contributed by atoms with Crippen LogP contribution in [0.3, 0.4) is 0 Å². The Bertz CT molecular complexity index is 1430. The van der Waals surface area contributed by atoms with E-state index >= 15 is 0 Å². The van der Waals surface area contributed by atoms with Gasteiger partial charge in [-0.1, -0.05) is 13.0 Å². The number of hydrogen-bond acceptors (Lipinski definition) is 8. The van der Waals surface area contributed by atoms with Gasteiger partial charge in [-0.25, -0.2) is 4.98 Å². The maximum Gasteiger partial charge on any atom is 0.169 e. The number of carbonyl (C=O) groups excluding carboxylic acids is 2. The van der Waals surface area contributed by atoms with Gasteiger partial charge in [0.05, 0.1) is 17.6 Å². The summed E-state index contributed by atoms with van der Waals surface area (Å²) < 4.78 is 0. The molecule has 1 saturated heterocycles. The van der Waals surface area contributed by atoms with E-state index in [4.69, 9.17) is 0 Å². The van der Waals surface area contributed by atoms with Gasteiger partial charge in [0.25, 0.3) is 0 Å². The van der Waals surface area contributed by atoms with E-state index in [0.717, 1.165) is 54.0 Å². The lowest BCUT2D eigenvalue weighted by molar-refractivity contribution is 0.0981. The molecular formula is C28H28N6O2. The van der Waals surface area contributed by atoms with Crippen molar-refractivity contribution in [3.63, 3.8) is 0 Å². The van der Waals surface area contributed by atoms with Crippen LogP contribution in [0, 0.1) is 0 Å². The molecule has 1 aromatic carbocycles. The minimum absolute atomic E-state index is 0.0208. The third-order valence-electron chi connectivity index (χ3n) is 6.59. The molecule has 0 spiro atoms. The molecule has 4 heterocycles. The fourth-order valence-electron chi connectivity index (χ4n) is 4.37. The molecule has 0 atom stereocenters. The molecule has 0 N–H and O–H groups in total. The summed E-state index contributed by atoms with van der Waals surface area (Å²) in [5, 5.41) is 9.49. The lowest BCUT2D eigenvalue weighted by Gasteiger charge is -2.33. The highest BCUT2D eigenvalue weighted by molar-refractivity contribution is 5.98. The van der Waals surface area contributed by atoms with Crippen LogP contribution < -0.4 is 4.90 Å². The second-order valence-electron chi connectivity index (χ2n) is 9.14. The van der Waals surface area contributed by atoms with Crippen molar-refractivity contribution in [1.82, 2.24) is 25.1 Å². The number of pyridine rings is 2. The van der Waals surface area contributed by atoms with Crippen LogP contribution in [-0.2, 0) is 6.42 Å². The van der Waals surface area contributed by atoms with Crippen molar-refractivity contribution >= 4 is 28.3 Å². The van der Waals surface area contributed by atoms with Crippen molar-refractivity contribution in [2.45, 2.75) is 19.8 Å². The van der Waals surface area contributed by atoms with E-state index in [2.05, 4.69) is 37.0 Å². The van der Waals surface area contributed by atoms with E-state index < -0.39 is 0 Å². The third-order valence-corrected chi connectivity index (χ3v) is 6.59. The van der Waals surface area contributed by atoms with Crippen LogP contribution >= 0.6 is 0 Å². The maximum absolute atomic E-state index is 13.1. The molecule has 4 aromatic rings. The Hall–Kier alpha value is -4.04. The zero-order valence-electron chi connectivity index (χ0n) is 20.5. The lowest BCUT2D eigenvalue weighted by Crippen LogP contribution is -2.44. The lowest BCUT2D eigenvalue weighted by atomic mass is 10.0. The molecule has 36 heavy (non-hydrogen) atoms. The number of piperazine rings is 1. The quantitative estimate of drug-likeness (QED) is 0.368. The Labute approximate surface area is 210 Å². The molecule has 1 aliphatic heterocycles. The van der Waals surface area contributed by atoms with Crippen LogP contribution in [0.1, 0.15) is 39.8 Å². The van der Waals surface area contributed by atoms with Crippen LogP contribution in [-0.4, -0.2) is 69.9 Å². The number of nitrogens with zero attached hydrogens (tertiary/aromatic N) is 6. The number of anilines is 1. The van der Waals surface area contributed by atoms with E-state index in [1.165, 1.54) is 0 Å². The van der Waals surface area contributed by atoms with Crippen LogP contribution in [0.4, 0.5) is 5.82 Å².